The monoisotopic (exact) mass is 689 g/mol. The van der Waals surface area contributed by atoms with Gasteiger partial charge in [-0.3, -0.25) is 4.57 Å². The summed E-state index contributed by atoms with van der Waals surface area (Å²) in [6.45, 7) is 4.68. The van der Waals surface area contributed by atoms with Gasteiger partial charge in [-0.15, -0.1) is 0 Å². The lowest BCUT2D eigenvalue weighted by molar-refractivity contribution is 0.662. The van der Waals surface area contributed by atoms with Crippen molar-refractivity contribution in [2.45, 2.75) is 19.3 Å². The molecule has 0 N–H and O–H groups in total. The first-order valence-corrected chi connectivity index (χ1v) is 18.7. The standard InChI is InChI=1S/C51H35N3/c1-51(2)43-22-12-10-20-41(43)47-46(51)45(42-21-11-13-23-44(42)52-47)34-26-24-32(25-27-34)33-28-30-36(31-29-33)54-49-40-19-9-7-17-38(40)37-16-6-8-18-39(37)48(49)53-50(54)35-14-4-3-5-15-35/h3-31H,1-2H3. The van der Waals surface area contributed by atoms with Crippen LogP contribution in [0.15, 0.2) is 176 Å². The van der Waals surface area contributed by atoms with Crippen molar-refractivity contribution in [2.75, 3.05) is 0 Å². The van der Waals surface area contributed by atoms with Crippen molar-refractivity contribution in [3.63, 3.8) is 0 Å². The third-order valence-corrected chi connectivity index (χ3v) is 11.6. The lowest BCUT2D eigenvalue weighted by atomic mass is 9.78. The summed E-state index contributed by atoms with van der Waals surface area (Å²) in [7, 11) is 0. The molecule has 0 fully saturated rings. The Morgan fingerprint density at radius 1 is 0.444 bits per heavy atom. The van der Waals surface area contributed by atoms with Gasteiger partial charge in [0.05, 0.1) is 22.2 Å². The summed E-state index contributed by atoms with van der Waals surface area (Å²) in [5.74, 6) is 0.936. The van der Waals surface area contributed by atoms with Crippen LogP contribution in [0.1, 0.15) is 25.0 Å². The molecule has 0 radical (unpaired) electrons. The first-order valence-electron chi connectivity index (χ1n) is 18.7. The molecule has 2 heterocycles. The highest BCUT2D eigenvalue weighted by atomic mass is 15.1. The predicted molar refractivity (Wildman–Crippen MR) is 225 cm³/mol. The van der Waals surface area contributed by atoms with Gasteiger partial charge in [0.2, 0.25) is 0 Å². The van der Waals surface area contributed by atoms with Crippen LogP contribution in [0.5, 0.6) is 0 Å². The second-order valence-corrected chi connectivity index (χ2v) is 14.9. The highest BCUT2D eigenvalue weighted by Gasteiger charge is 2.39. The molecule has 0 aliphatic heterocycles. The van der Waals surface area contributed by atoms with Crippen LogP contribution < -0.4 is 0 Å². The number of rotatable bonds is 4. The molecule has 0 spiro atoms. The van der Waals surface area contributed by atoms with Crippen molar-refractivity contribution in [3.05, 3.63) is 187 Å². The van der Waals surface area contributed by atoms with E-state index in [4.69, 9.17) is 9.97 Å². The molecular formula is C51H35N3. The van der Waals surface area contributed by atoms with Gasteiger partial charge in [0.25, 0.3) is 0 Å². The van der Waals surface area contributed by atoms with Crippen LogP contribution >= 0.6 is 0 Å². The number of hydrogen-bond donors (Lipinski definition) is 0. The number of fused-ring (bicyclic) bond motifs is 10. The van der Waals surface area contributed by atoms with Gasteiger partial charge in [-0.1, -0.05) is 172 Å². The minimum absolute atomic E-state index is 0.166. The van der Waals surface area contributed by atoms with E-state index in [9.17, 15) is 0 Å². The molecule has 8 aromatic carbocycles. The lowest BCUT2D eigenvalue weighted by Crippen LogP contribution is -2.16. The second-order valence-electron chi connectivity index (χ2n) is 14.9. The number of para-hydroxylation sites is 1. The van der Waals surface area contributed by atoms with Gasteiger partial charge < -0.3 is 0 Å². The van der Waals surface area contributed by atoms with Crippen molar-refractivity contribution in [1.82, 2.24) is 14.5 Å². The van der Waals surface area contributed by atoms with E-state index in [-0.39, 0.29) is 5.41 Å². The van der Waals surface area contributed by atoms with E-state index in [0.29, 0.717) is 0 Å². The first kappa shape index (κ1) is 30.8. The zero-order valence-electron chi connectivity index (χ0n) is 30.1. The number of imidazole rings is 1. The van der Waals surface area contributed by atoms with Crippen molar-refractivity contribution in [2.24, 2.45) is 0 Å². The Morgan fingerprint density at radius 3 is 1.74 bits per heavy atom. The number of pyridine rings is 1. The minimum atomic E-state index is -0.166. The number of hydrogen-bond acceptors (Lipinski definition) is 2. The van der Waals surface area contributed by atoms with Crippen molar-refractivity contribution in [3.8, 4) is 50.6 Å². The van der Waals surface area contributed by atoms with Crippen LogP contribution in [-0.4, -0.2) is 14.5 Å². The number of aromatic nitrogens is 3. The van der Waals surface area contributed by atoms with Gasteiger partial charge in [0, 0.05) is 38.4 Å². The van der Waals surface area contributed by atoms with Gasteiger partial charge in [0.15, 0.2) is 0 Å². The minimum Gasteiger partial charge on any atom is -0.292 e. The summed E-state index contributed by atoms with van der Waals surface area (Å²) in [6, 6.07) is 63.3. The molecular weight excluding hydrogens is 655 g/mol. The van der Waals surface area contributed by atoms with Gasteiger partial charge in [-0.25, -0.2) is 9.97 Å². The van der Waals surface area contributed by atoms with E-state index >= 15 is 0 Å². The van der Waals surface area contributed by atoms with Gasteiger partial charge in [0.1, 0.15) is 5.82 Å². The Morgan fingerprint density at radius 2 is 1.00 bits per heavy atom. The van der Waals surface area contributed by atoms with Crippen LogP contribution in [0.4, 0.5) is 0 Å². The third kappa shape index (κ3) is 4.42. The summed E-state index contributed by atoms with van der Waals surface area (Å²) in [5, 5.41) is 6.01. The molecule has 0 bridgehead atoms. The number of nitrogens with zero attached hydrogens (tertiary/aromatic N) is 3. The average Bonchev–Trinajstić information content (AvgIpc) is 3.74. The van der Waals surface area contributed by atoms with Crippen LogP contribution in [0.3, 0.4) is 0 Å². The normalized spacial score (nSPS) is 13.1. The Kier molecular flexibility index (Phi) is 6.60. The molecule has 0 amide bonds. The van der Waals surface area contributed by atoms with Crippen molar-refractivity contribution in [1.29, 1.82) is 0 Å². The smallest absolute Gasteiger partial charge is 0.145 e. The van der Waals surface area contributed by atoms with Gasteiger partial charge in [-0.2, -0.15) is 0 Å². The largest absolute Gasteiger partial charge is 0.292 e. The summed E-state index contributed by atoms with van der Waals surface area (Å²) in [5.41, 5.74) is 15.0. The van der Waals surface area contributed by atoms with E-state index in [1.54, 1.807) is 0 Å². The summed E-state index contributed by atoms with van der Waals surface area (Å²) in [6.07, 6.45) is 0. The maximum absolute atomic E-state index is 5.38. The van der Waals surface area contributed by atoms with Gasteiger partial charge >= 0.3 is 0 Å². The highest BCUT2D eigenvalue weighted by Crippen LogP contribution is 2.53. The molecule has 2 aromatic heterocycles. The fraction of sp³-hybridized carbons (Fsp3) is 0.0588. The Labute approximate surface area is 313 Å². The molecule has 54 heavy (non-hydrogen) atoms. The summed E-state index contributed by atoms with van der Waals surface area (Å²) >= 11 is 0. The molecule has 3 heteroatoms. The maximum Gasteiger partial charge on any atom is 0.145 e. The highest BCUT2D eigenvalue weighted by molar-refractivity contribution is 6.24. The Hall–Kier alpha value is -6.84. The van der Waals surface area contributed by atoms with E-state index < -0.39 is 0 Å². The average molecular weight is 690 g/mol. The SMILES string of the molecule is CC1(C)c2ccccc2-c2nc3ccccc3c(-c3ccc(-c4ccc(-n5c(-c6ccccc6)nc6c7ccccc7c7ccccc7c65)cc4)cc3)c21. The molecule has 11 rings (SSSR count). The molecule has 10 aromatic rings. The quantitative estimate of drug-likeness (QED) is 0.172. The molecule has 254 valence electrons. The molecule has 1 aliphatic carbocycles. The Balaban J connectivity index is 1.05. The maximum atomic E-state index is 5.38. The van der Waals surface area contributed by atoms with Crippen molar-refractivity contribution < 1.29 is 0 Å². The summed E-state index contributed by atoms with van der Waals surface area (Å²) < 4.78 is 2.35. The Bertz CT molecular complexity index is 3100. The predicted octanol–water partition coefficient (Wildman–Crippen LogP) is 13.2. The van der Waals surface area contributed by atoms with Crippen molar-refractivity contribution >= 4 is 43.5 Å². The molecule has 3 nitrogen and oxygen atoms in total. The third-order valence-electron chi connectivity index (χ3n) is 11.6. The zero-order chi connectivity index (χ0) is 36.0. The lowest BCUT2D eigenvalue weighted by Gasteiger charge is -2.25. The zero-order valence-corrected chi connectivity index (χ0v) is 30.1. The van der Waals surface area contributed by atoms with Crippen LogP contribution in [0.25, 0.3) is 94.1 Å². The topological polar surface area (TPSA) is 30.7 Å². The second kappa shape index (κ2) is 11.6. The van der Waals surface area contributed by atoms with Crippen LogP contribution in [0.2, 0.25) is 0 Å². The van der Waals surface area contributed by atoms with Crippen LogP contribution in [0, 0.1) is 0 Å². The van der Waals surface area contributed by atoms with E-state index in [1.807, 2.05) is 0 Å². The first-order chi connectivity index (χ1) is 26.6. The molecule has 0 saturated carbocycles. The fourth-order valence-corrected chi connectivity index (χ4v) is 9.05. The molecule has 0 atom stereocenters. The van der Waals surface area contributed by atoms with Crippen LogP contribution in [-0.2, 0) is 5.41 Å². The molecule has 1 aliphatic rings. The number of benzene rings is 8. The molecule has 0 unspecified atom stereocenters. The van der Waals surface area contributed by atoms with Gasteiger partial charge in [-0.05, 0) is 62.4 Å². The van der Waals surface area contributed by atoms with E-state index in [0.717, 1.165) is 39.3 Å². The fourth-order valence-electron chi connectivity index (χ4n) is 9.05. The van der Waals surface area contributed by atoms with E-state index in [2.05, 4.69) is 194 Å². The van der Waals surface area contributed by atoms with E-state index in [1.165, 1.54) is 65.9 Å². The summed E-state index contributed by atoms with van der Waals surface area (Å²) in [4.78, 5) is 10.6. The molecule has 0 saturated heterocycles.